The Morgan fingerprint density at radius 2 is 1.89 bits per heavy atom. The smallest absolute Gasteiger partial charge is 0.209 e. The maximum atomic E-state index is 10.9. The molecule has 1 atom stereocenters. The predicted molar refractivity (Wildman–Crippen MR) is 77.9 cm³/mol. The minimum absolute atomic E-state index is 0.0595. The van der Waals surface area contributed by atoms with Crippen LogP contribution in [-0.2, 0) is 10.0 Å². The number of benzene rings is 1. The fraction of sp³-hybridized carbons (Fsp3) is 0.571. The van der Waals surface area contributed by atoms with Gasteiger partial charge in [-0.25, -0.2) is 13.6 Å². The van der Waals surface area contributed by atoms with Crippen molar-refractivity contribution in [2.45, 2.75) is 33.6 Å². The van der Waals surface area contributed by atoms with E-state index in [0.29, 0.717) is 12.5 Å². The molecule has 0 saturated heterocycles. The van der Waals surface area contributed by atoms with E-state index in [1.165, 1.54) is 11.1 Å². The summed E-state index contributed by atoms with van der Waals surface area (Å²) in [6, 6.07) is 5.96. The van der Waals surface area contributed by atoms with Crippen LogP contribution in [0.25, 0.3) is 0 Å². The fourth-order valence-electron chi connectivity index (χ4n) is 2.07. The van der Waals surface area contributed by atoms with Crippen molar-refractivity contribution in [3.05, 3.63) is 29.3 Å². The van der Waals surface area contributed by atoms with E-state index in [2.05, 4.69) is 26.8 Å². The molecular weight excluding hydrogens is 262 g/mol. The highest BCUT2D eigenvalue weighted by Gasteiger charge is 2.12. The Hall–Kier alpha value is -1.07. The number of aryl methyl sites for hydroxylation is 1. The van der Waals surface area contributed by atoms with Gasteiger partial charge in [-0.1, -0.05) is 26.8 Å². The third kappa shape index (κ3) is 5.61. The molecule has 0 aliphatic carbocycles. The normalized spacial score (nSPS) is 13.6. The van der Waals surface area contributed by atoms with Crippen molar-refractivity contribution < 1.29 is 13.2 Å². The molecular formula is C14H23NO3S. The molecule has 1 aromatic carbocycles. The number of ether oxygens (including phenoxy) is 1. The average molecular weight is 285 g/mol. The van der Waals surface area contributed by atoms with E-state index in [-0.39, 0.29) is 11.7 Å². The first kappa shape index (κ1) is 16.0. The maximum Gasteiger partial charge on any atom is 0.209 e. The van der Waals surface area contributed by atoms with Gasteiger partial charge in [0.1, 0.15) is 5.75 Å². The number of nitrogens with two attached hydrogens (primary N) is 1. The molecule has 0 fully saturated rings. The Labute approximate surface area is 116 Å². The van der Waals surface area contributed by atoms with Gasteiger partial charge in [-0.2, -0.15) is 0 Å². The van der Waals surface area contributed by atoms with Gasteiger partial charge in [0, 0.05) is 5.92 Å². The van der Waals surface area contributed by atoms with Crippen molar-refractivity contribution >= 4 is 10.0 Å². The van der Waals surface area contributed by atoms with Crippen molar-refractivity contribution in [1.29, 1.82) is 0 Å². The molecule has 0 aliphatic heterocycles. The minimum Gasteiger partial charge on any atom is -0.493 e. The maximum absolute atomic E-state index is 10.9. The average Bonchev–Trinajstić information content (AvgIpc) is 2.23. The van der Waals surface area contributed by atoms with Crippen LogP contribution in [0, 0.1) is 12.8 Å². The van der Waals surface area contributed by atoms with Gasteiger partial charge in [0.25, 0.3) is 0 Å². The Morgan fingerprint density at radius 1 is 1.26 bits per heavy atom. The van der Waals surface area contributed by atoms with Crippen LogP contribution in [0.5, 0.6) is 5.75 Å². The molecule has 0 saturated carbocycles. The second kappa shape index (κ2) is 6.39. The topological polar surface area (TPSA) is 69.4 Å². The lowest BCUT2D eigenvalue weighted by molar-refractivity contribution is 0.271. The van der Waals surface area contributed by atoms with Gasteiger partial charge in [0.2, 0.25) is 10.0 Å². The molecule has 1 aromatic rings. The third-order valence-corrected chi connectivity index (χ3v) is 3.95. The number of hydrogen-bond donors (Lipinski definition) is 1. The number of sulfonamides is 1. The highest BCUT2D eigenvalue weighted by Crippen LogP contribution is 2.23. The Kier molecular flexibility index (Phi) is 5.38. The largest absolute Gasteiger partial charge is 0.493 e. The summed E-state index contributed by atoms with van der Waals surface area (Å²) < 4.78 is 27.5. The molecule has 1 unspecified atom stereocenters. The summed E-state index contributed by atoms with van der Waals surface area (Å²) in [5.41, 5.74) is 2.48. The summed E-state index contributed by atoms with van der Waals surface area (Å²) >= 11 is 0. The summed E-state index contributed by atoms with van der Waals surface area (Å²) in [6.45, 7) is 8.50. The van der Waals surface area contributed by atoms with Gasteiger partial charge in [-0.3, -0.25) is 0 Å². The molecule has 5 heteroatoms. The van der Waals surface area contributed by atoms with Crippen LogP contribution < -0.4 is 9.88 Å². The number of rotatable bonds is 6. The van der Waals surface area contributed by atoms with E-state index in [0.717, 1.165) is 5.75 Å². The molecule has 0 bridgehead atoms. The summed E-state index contributed by atoms with van der Waals surface area (Å²) in [7, 11) is -3.43. The van der Waals surface area contributed by atoms with E-state index in [9.17, 15) is 8.42 Å². The van der Waals surface area contributed by atoms with Crippen molar-refractivity contribution in [2.75, 3.05) is 12.4 Å². The van der Waals surface area contributed by atoms with E-state index in [1.54, 1.807) is 6.92 Å². The van der Waals surface area contributed by atoms with Crippen LogP contribution in [-0.4, -0.2) is 20.8 Å². The third-order valence-electron chi connectivity index (χ3n) is 2.91. The molecule has 0 amide bonds. The first-order valence-corrected chi connectivity index (χ1v) is 8.14. The summed E-state index contributed by atoms with van der Waals surface area (Å²) in [5, 5.41) is 5.00. The molecule has 0 spiro atoms. The fourth-order valence-corrected chi connectivity index (χ4v) is 2.96. The van der Waals surface area contributed by atoms with Gasteiger partial charge in [0.15, 0.2) is 0 Å². The van der Waals surface area contributed by atoms with Crippen LogP contribution >= 0.6 is 0 Å². The standard InChI is InChI=1S/C14H23NO3S/c1-10(2)14-6-5-13(7-12(14)4)18-8-11(3)9-19(15,16)17/h5-7,10-11H,8-9H2,1-4H3,(H2,15,16,17). The SMILES string of the molecule is Cc1cc(OCC(C)CS(N)(=O)=O)ccc1C(C)C. The van der Waals surface area contributed by atoms with Crippen LogP contribution in [0.4, 0.5) is 0 Å². The van der Waals surface area contributed by atoms with Crippen molar-refractivity contribution in [1.82, 2.24) is 0 Å². The van der Waals surface area contributed by atoms with E-state index < -0.39 is 10.0 Å². The zero-order valence-corrected chi connectivity index (χ0v) is 12.8. The second-order valence-electron chi connectivity index (χ2n) is 5.42. The molecule has 108 valence electrons. The van der Waals surface area contributed by atoms with E-state index in [4.69, 9.17) is 9.88 Å². The Balaban J connectivity index is 2.62. The first-order valence-electron chi connectivity index (χ1n) is 6.43. The highest BCUT2D eigenvalue weighted by atomic mass is 32.2. The molecule has 19 heavy (non-hydrogen) atoms. The summed E-state index contributed by atoms with van der Waals surface area (Å²) in [5.74, 6) is 1.06. The van der Waals surface area contributed by atoms with Crippen LogP contribution in [0.2, 0.25) is 0 Å². The Morgan fingerprint density at radius 3 is 2.37 bits per heavy atom. The van der Waals surface area contributed by atoms with Gasteiger partial charge in [-0.15, -0.1) is 0 Å². The van der Waals surface area contributed by atoms with Crippen molar-refractivity contribution in [3.63, 3.8) is 0 Å². The van der Waals surface area contributed by atoms with Crippen LogP contribution in [0.1, 0.15) is 37.8 Å². The highest BCUT2D eigenvalue weighted by molar-refractivity contribution is 7.89. The van der Waals surface area contributed by atoms with Gasteiger partial charge < -0.3 is 4.74 Å². The number of primary sulfonamides is 1. The lowest BCUT2D eigenvalue weighted by Crippen LogP contribution is -2.25. The van der Waals surface area contributed by atoms with Crippen molar-refractivity contribution in [3.8, 4) is 5.75 Å². The number of hydrogen-bond acceptors (Lipinski definition) is 3. The zero-order valence-electron chi connectivity index (χ0n) is 12.0. The lowest BCUT2D eigenvalue weighted by Gasteiger charge is -2.15. The second-order valence-corrected chi connectivity index (χ2v) is 7.08. The van der Waals surface area contributed by atoms with Gasteiger partial charge in [-0.05, 0) is 36.1 Å². The predicted octanol–water partition coefficient (Wildman–Crippen LogP) is 2.42. The van der Waals surface area contributed by atoms with Gasteiger partial charge in [0.05, 0.1) is 12.4 Å². The lowest BCUT2D eigenvalue weighted by atomic mass is 9.98. The quantitative estimate of drug-likeness (QED) is 0.872. The summed E-state index contributed by atoms with van der Waals surface area (Å²) in [4.78, 5) is 0. The Bertz CT molecular complexity index is 523. The monoisotopic (exact) mass is 285 g/mol. The van der Waals surface area contributed by atoms with E-state index in [1.807, 2.05) is 12.1 Å². The first-order chi connectivity index (χ1) is 8.69. The molecule has 0 aromatic heterocycles. The molecule has 4 nitrogen and oxygen atoms in total. The molecule has 1 rings (SSSR count). The molecule has 0 aliphatic rings. The minimum atomic E-state index is -3.43. The van der Waals surface area contributed by atoms with Crippen LogP contribution in [0.3, 0.4) is 0 Å². The van der Waals surface area contributed by atoms with E-state index >= 15 is 0 Å². The van der Waals surface area contributed by atoms with Crippen molar-refractivity contribution in [2.24, 2.45) is 11.1 Å². The zero-order chi connectivity index (χ0) is 14.6. The van der Waals surface area contributed by atoms with Crippen LogP contribution in [0.15, 0.2) is 18.2 Å². The molecule has 0 radical (unpaired) electrons. The molecule has 2 N–H and O–H groups in total. The summed E-state index contributed by atoms with van der Waals surface area (Å²) in [6.07, 6.45) is 0. The molecule has 0 heterocycles. The van der Waals surface area contributed by atoms with Gasteiger partial charge >= 0.3 is 0 Å².